The molecule has 0 atom stereocenters. The van der Waals surface area contributed by atoms with Crippen molar-refractivity contribution in [1.82, 2.24) is 4.57 Å². The van der Waals surface area contributed by atoms with Crippen LogP contribution in [0.4, 0.5) is 5.69 Å². The summed E-state index contributed by atoms with van der Waals surface area (Å²) in [6, 6.07) is 13.2. The zero-order chi connectivity index (χ0) is 20.4. The lowest BCUT2D eigenvalue weighted by molar-refractivity contribution is -0.892. The van der Waals surface area contributed by atoms with E-state index in [0.29, 0.717) is 13.1 Å². The van der Waals surface area contributed by atoms with Crippen LogP contribution in [0.3, 0.4) is 0 Å². The van der Waals surface area contributed by atoms with E-state index in [1.54, 1.807) is 18.4 Å². The Morgan fingerprint density at radius 3 is 2.52 bits per heavy atom. The molecule has 1 fully saturated rings. The molecule has 6 heteroatoms. The van der Waals surface area contributed by atoms with E-state index < -0.39 is 0 Å². The van der Waals surface area contributed by atoms with E-state index in [4.69, 9.17) is 4.42 Å². The maximum absolute atomic E-state index is 13.0. The van der Waals surface area contributed by atoms with Crippen molar-refractivity contribution in [1.29, 1.82) is 0 Å². The van der Waals surface area contributed by atoms with Crippen LogP contribution >= 0.6 is 0 Å². The third kappa shape index (κ3) is 4.22. The summed E-state index contributed by atoms with van der Waals surface area (Å²) in [7, 11) is 0. The summed E-state index contributed by atoms with van der Waals surface area (Å²) in [5.41, 5.74) is 4.03. The van der Waals surface area contributed by atoms with Gasteiger partial charge in [-0.3, -0.25) is 4.79 Å². The van der Waals surface area contributed by atoms with Crippen molar-refractivity contribution in [2.75, 3.05) is 37.6 Å². The highest BCUT2D eigenvalue weighted by atomic mass is 16.3. The molecular weight excluding hydrogens is 366 g/mol. The molecule has 3 aromatic rings. The van der Waals surface area contributed by atoms with Crippen molar-refractivity contribution in [3.8, 4) is 5.75 Å². The SMILES string of the molecule is Cc1cc(C(=O)C[NH+]2CCN(c3ccc(O)cc3)CC2)c(C)n1Cc1ccco1. The van der Waals surface area contributed by atoms with Crippen LogP contribution in [-0.4, -0.2) is 48.2 Å². The van der Waals surface area contributed by atoms with E-state index in [-0.39, 0.29) is 11.5 Å². The smallest absolute Gasteiger partial charge is 0.218 e. The van der Waals surface area contributed by atoms with Crippen LogP contribution in [0.1, 0.15) is 27.5 Å². The van der Waals surface area contributed by atoms with E-state index >= 15 is 0 Å². The number of aromatic hydroxyl groups is 1. The first kappa shape index (κ1) is 19.3. The van der Waals surface area contributed by atoms with E-state index in [1.165, 1.54) is 4.90 Å². The summed E-state index contributed by atoms with van der Waals surface area (Å²) in [5.74, 6) is 1.38. The Balaban J connectivity index is 1.37. The van der Waals surface area contributed by atoms with Gasteiger partial charge in [0, 0.05) is 22.6 Å². The molecule has 1 saturated heterocycles. The molecule has 4 rings (SSSR count). The predicted octanol–water partition coefficient (Wildman–Crippen LogP) is 2.04. The fraction of sp³-hybridized carbons (Fsp3) is 0.348. The molecule has 3 heterocycles. The number of anilines is 1. The van der Waals surface area contributed by atoms with Gasteiger partial charge in [0.15, 0.2) is 0 Å². The number of rotatable bonds is 6. The van der Waals surface area contributed by atoms with Gasteiger partial charge in [-0.1, -0.05) is 0 Å². The molecule has 0 unspecified atom stereocenters. The number of carbonyl (C=O) groups is 1. The number of aromatic nitrogens is 1. The molecule has 0 spiro atoms. The zero-order valence-electron chi connectivity index (χ0n) is 17.0. The molecule has 152 valence electrons. The summed E-state index contributed by atoms with van der Waals surface area (Å²) < 4.78 is 7.61. The molecule has 2 N–H and O–H groups in total. The van der Waals surface area contributed by atoms with Gasteiger partial charge >= 0.3 is 0 Å². The van der Waals surface area contributed by atoms with Crippen molar-refractivity contribution >= 4 is 11.5 Å². The Labute approximate surface area is 171 Å². The Hall–Kier alpha value is -2.99. The lowest BCUT2D eigenvalue weighted by Gasteiger charge is -2.33. The molecular formula is C23H28N3O3+. The van der Waals surface area contributed by atoms with E-state index in [0.717, 1.165) is 54.6 Å². The number of quaternary nitrogens is 1. The molecule has 1 aliphatic rings. The lowest BCUT2D eigenvalue weighted by Crippen LogP contribution is -3.15. The zero-order valence-corrected chi connectivity index (χ0v) is 17.0. The number of furan rings is 1. The summed E-state index contributed by atoms with van der Waals surface area (Å²) in [4.78, 5) is 16.6. The first-order chi connectivity index (χ1) is 14.0. The molecule has 0 radical (unpaired) electrons. The molecule has 1 aromatic carbocycles. The Morgan fingerprint density at radius 2 is 1.86 bits per heavy atom. The number of carbonyl (C=O) groups excluding carboxylic acids is 1. The first-order valence-corrected chi connectivity index (χ1v) is 10.1. The highest BCUT2D eigenvalue weighted by molar-refractivity contribution is 5.98. The summed E-state index contributed by atoms with van der Waals surface area (Å²) in [6.07, 6.45) is 1.68. The third-order valence-corrected chi connectivity index (χ3v) is 5.86. The van der Waals surface area contributed by atoms with E-state index in [9.17, 15) is 9.90 Å². The van der Waals surface area contributed by atoms with Gasteiger partial charge in [0.2, 0.25) is 5.78 Å². The highest BCUT2D eigenvalue weighted by Crippen LogP contribution is 2.19. The van der Waals surface area contributed by atoms with Crippen molar-refractivity contribution in [3.05, 3.63) is 71.4 Å². The number of piperazine rings is 1. The Kier molecular flexibility index (Phi) is 5.45. The van der Waals surface area contributed by atoms with Crippen LogP contribution in [0.5, 0.6) is 5.75 Å². The number of hydrogen-bond donors (Lipinski definition) is 2. The minimum Gasteiger partial charge on any atom is -0.508 e. The number of ketones is 1. The molecule has 0 bridgehead atoms. The van der Waals surface area contributed by atoms with Crippen LogP contribution < -0.4 is 9.80 Å². The second-order valence-corrected chi connectivity index (χ2v) is 7.80. The minimum absolute atomic E-state index is 0.205. The number of Topliss-reactive ketones (excluding diaryl/α,β-unsaturated/α-hetero) is 1. The summed E-state index contributed by atoms with van der Waals surface area (Å²) in [6.45, 7) is 8.90. The second kappa shape index (κ2) is 8.17. The quantitative estimate of drug-likeness (QED) is 0.628. The first-order valence-electron chi connectivity index (χ1n) is 10.1. The average Bonchev–Trinajstić information content (AvgIpc) is 3.33. The molecule has 0 amide bonds. The normalized spacial score (nSPS) is 15.0. The van der Waals surface area contributed by atoms with Gasteiger partial charge < -0.3 is 23.9 Å². The minimum atomic E-state index is 0.205. The maximum atomic E-state index is 13.0. The summed E-state index contributed by atoms with van der Waals surface area (Å²) in [5, 5.41) is 9.45. The second-order valence-electron chi connectivity index (χ2n) is 7.80. The number of nitrogens with zero attached hydrogens (tertiary/aromatic N) is 2. The lowest BCUT2D eigenvalue weighted by atomic mass is 10.1. The number of benzene rings is 1. The van der Waals surface area contributed by atoms with Crippen molar-refractivity contribution in [2.24, 2.45) is 0 Å². The van der Waals surface area contributed by atoms with Gasteiger partial charge in [0.1, 0.15) is 18.1 Å². The molecule has 2 aromatic heterocycles. The van der Waals surface area contributed by atoms with Gasteiger partial charge in [-0.05, 0) is 56.3 Å². The van der Waals surface area contributed by atoms with Crippen molar-refractivity contribution in [2.45, 2.75) is 20.4 Å². The van der Waals surface area contributed by atoms with E-state index in [2.05, 4.69) is 9.47 Å². The van der Waals surface area contributed by atoms with Crippen LogP contribution in [0.2, 0.25) is 0 Å². The molecule has 0 aliphatic carbocycles. The number of phenols is 1. The largest absolute Gasteiger partial charge is 0.508 e. The van der Waals surface area contributed by atoms with Crippen LogP contribution in [0, 0.1) is 13.8 Å². The molecule has 1 aliphatic heterocycles. The Bertz CT molecular complexity index is 966. The maximum Gasteiger partial charge on any atom is 0.218 e. The Morgan fingerprint density at radius 1 is 1.14 bits per heavy atom. The fourth-order valence-electron chi connectivity index (χ4n) is 4.13. The van der Waals surface area contributed by atoms with Gasteiger partial charge in [0.25, 0.3) is 0 Å². The van der Waals surface area contributed by atoms with Gasteiger partial charge in [0.05, 0.1) is 39.0 Å². The fourth-order valence-corrected chi connectivity index (χ4v) is 4.13. The molecule has 6 nitrogen and oxygen atoms in total. The van der Waals surface area contributed by atoms with Gasteiger partial charge in [-0.2, -0.15) is 0 Å². The molecule has 29 heavy (non-hydrogen) atoms. The highest BCUT2D eigenvalue weighted by Gasteiger charge is 2.25. The van der Waals surface area contributed by atoms with Crippen LogP contribution in [0.15, 0.2) is 53.1 Å². The number of hydrogen-bond acceptors (Lipinski definition) is 4. The monoisotopic (exact) mass is 394 g/mol. The van der Waals surface area contributed by atoms with Crippen molar-refractivity contribution < 1.29 is 19.2 Å². The van der Waals surface area contributed by atoms with Gasteiger partial charge in [-0.15, -0.1) is 0 Å². The standard InChI is InChI=1S/C23H27N3O3/c1-17-14-22(18(2)26(17)15-21-4-3-13-29-21)23(28)16-24-9-11-25(12-10-24)19-5-7-20(27)8-6-19/h3-8,13-14,27H,9-12,15-16H2,1-2H3/p+1. The average molecular weight is 394 g/mol. The third-order valence-electron chi connectivity index (χ3n) is 5.86. The van der Waals surface area contributed by atoms with Crippen LogP contribution in [-0.2, 0) is 6.54 Å². The van der Waals surface area contributed by atoms with Gasteiger partial charge in [-0.25, -0.2) is 0 Å². The molecule has 0 saturated carbocycles. The number of phenolic OH excluding ortho intramolecular Hbond substituents is 1. The number of aryl methyl sites for hydroxylation is 1. The topological polar surface area (TPSA) is 63.1 Å². The van der Waals surface area contributed by atoms with Crippen molar-refractivity contribution in [3.63, 3.8) is 0 Å². The number of nitrogens with one attached hydrogen (secondary N) is 1. The predicted molar refractivity (Wildman–Crippen MR) is 112 cm³/mol. The van der Waals surface area contributed by atoms with E-state index in [1.807, 2.05) is 44.2 Å². The van der Waals surface area contributed by atoms with Crippen LogP contribution in [0.25, 0.3) is 0 Å². The summed E-state index contributed by atoms with van der Waals surface area (Å²) >= 11 is 0.